The van der Waals surface area contributed by atoms with E-state index >= 15 is 0 Å². The van der Waals surface area contributed by atoms with Crippen molar-refractivity contribution in [1.82, 2.24) is 4.31 Å². The minimum atomic E-state index is -3.60. The summed E-state index contributed by atoms with van der Waals surface area (Å²) in [4.78, 5) is 11.2. The monoisotopic (exact) mass is 334 g/mol. The Morgan fingerprint density at radius 3 is 2.48 bits per heavy atom. The van der Waals surface area contributed by atoms with Crippen LogP contribution in [-0.2, 0) is 21.4 Å². The second kappa shape index (κ2) is 6.17. The van der Waals surface area contributed by atoms with Crippen LogP contribution in [0.1, 0.15) is 25.5 Å². The van der Waals surface area contributed by atoms with Crippen molar-refractivity contribution >= 4 is 21.6 Å². The van der Waals surface area contributed by atoms with Crippen molar-refractivity contribution in [3.05, 3.63) is 48.4 Å². The molecule has 1 aromatic heterocycles. The molecule has 0 spiro atoms. The third kappa shape index (κ3) is 3.62. The zero-order chi connectivity index (χ0) is 16.4. The maximum Gasteiger partial charge on any atom is 0.243 e. The summed E-state index contributed by atoms with van der Waals surface area (Å²) in [6, 6.07) is 9.74. The topological polar surface area (TPSA) is 79.6 Å². The average Bonchev–Trinajstić information content (AvgIpc) is 3.20. The summed E-state index contributed by atoms with van der Waals surface area (Å²) < 4.78 is 32.5. The molecule has 7 heteroatoms. The van der Waals surface area contributed by atoms with Gasteiger partial charge in [0, 0.05) is 18.7 Å². The van der Waals surface area contributed by atoms with Gasteiger partial charge in [-0.1, -0.05) is 0 Å². The lowest BCUT2D eigenvalue weighted by Gasteiger charge is -2.21. The molecule has 0 saturated heterocycles. The lowest BCUT2D eigenvalue weighted by Crippen LogP contribution is -2.32. The molecule has 1 fully saturated rings. The molecule has 0 unspecified atom stereocenters. The Kier molecular flexibility index (Phi) is 4.23. The molecule has 1 heterocycles. The van der Waals surface area contributed by atoms with Crippen LogP contribution in [-0.4, -0.2) is 24.7 Å². The number of nitrogens with zero attached hydrogens (tertiary/aromatic N) is 1. The molecule has 1 aromatic carbocycles. The van der Waals surface area contributed by atoms with E-state index in [4.69, 9.17) is 4.42 Å². The van der Waals surface area contributed by atoms with E-state index in [9.17, 15) is 13.2 Å². The van der Waals surface area contributed by atoms with Crippen LogP contribution in [0.2, 0.25) is 0 Å². The standard InChI is InChI=1S/C16H18N2O4S/c1-12(19)17-13-4-8-16(9-5-13)23(20,21)18(14-6-7-14)11-15-3-2-10-22-15/h2-5,8-10,14H,6-7,11H2,1H3,(H,17,19). The van der Waals surface area contributed by atoms with Crippen LogP contribution in [0.3, 0.4) is 0 Å². The first-order valence-corrected chi connectivity index (χ1v) is 8.83. The Hall–Kier alpha value is -2.12. The first-order chi connectivity index (χ1) is 11.0. The number of hydrogen-bond acceptors (Lipinski definition) is 4. The van der Waals surface area contributed by atoms with E-state index in [2.05, 4.69) is 5.32 Å². The maximum atomic E-state index is 12.9. The average molecular weight is 334 g/mol. The molecule has 0 aliphatic heterocycles. The van der Waals surface area contributed by atoms with Crippen molar-refractivity contribution in [2.24, 2.45) is 0 Å². The quantitative estimate of drug-likeness (QED) is 0.880. The zero-order valence-electron chi connectivity index (χ0n) is 12.7. The summed E-state index contributed by atoms with van der Waals surface area (Å²) in [6.07, 6.45) is 3.27. The van der Waals surface area contributed by atoms with Crippen molar-refractivity contribution in [3.8, 4) is 0 Å². The Labute approximate surface area is 135 Å². The van der Waals surface area contributed by atoms with Gasteiger partial charge in [-0.25, -0.2) is 8.42 Å². The summed E-state index contributed by atoms with van der Waals surface area (Å²) >= 11 is 0. The fourth-order valence-corrected chi connectivity index (χ4v) is 4.03. The second-order valence-corrected chi connectivity index (χ2v) is 7.46. The van der Waals surface area contributed by atoms with Gasteiger partial charge in [-0.05, 0) is 49.2 Å². The van der Waals surface area contributed by atoms with E-state index in [1.54, 1.807) is 24.3 Å². The number of amides is 1. The largest absolute Gasteiger partial charge is 0.468 e. The van der Waals surface area contributed by atoms with Gasteiger partial charge in [0.15, 0.2) is 0 Å². The van der Waals surface area contributed by atoms with E-state index in [0.29, 0.717) is 11.4 Å². The molecule has 122 valence electrons. The number of benzene rings is 1. The number of anilines is 1. The molecule has 0 radical (unpaired) electrons. The molecule has 23 heavy (non-hydrogen) atoms. The highest BCUT2D eigenvalue weighted by Gasteiger charge is 2.38. The van der Waals surface area contributed by atoms with Crippen molar-refractivity contribution in [2.45, 2.75) is 37.2 Å². The van der Waals surface area contributed by atoms with Gasteiger partial charge in [-0.15, -0.1) is 0 Å². The van der Waals surface area contributed by atoms with E-state index in [1.165, 1.54) is 29.6 Å². The highest BCUT2D eigenvalue weighted by Crippen LogP contribution is 2.33. The zero-order valence-corrected chi connectivity index (χ0v) is 13.5. The van der Waals surface area contributed by atoms with E-state index < -0.39 is 10.0 Å². The number of carbonyl (C=O) groups is 1. The Morgan fingerprint density at radius 1 is 1.26 bits per heavy atom. The number of hydrogen-bond donors (Lipinski definition) is 1. The molecule has 1 aliphatic rings. The lowest BCUT2D eigenvalue weighted by atomic mass is 10.3. The van der Waals surface area contributed by atoms with Gasteiger partial charge in [0.05, 0.1) is 17.7 Å². The normalized spacial score (nSPS) is 14.9. The molecule has 3 rings (SSSR count). The SMILES string of the molecule is CC(=O)Nc1ccc(S(=O)(=O)N(Cc2ccco2)C2CC2)cc1. The summed E-state index contributed by atoms with van der Waals surface area (Å²) in [6.45, 7) is 1.64. The highest BCUT2D eigenvalue weighted by molar-refractivity contribution is 7.89. The molecule has 0 atom stereocenters. The Morgan fingerprint density at radius 2 is 1.96 bits per heavy atom. The third-order valence-electron chi connectivity index (χ3n) is 3.63. The van der Waals surface area contributed by atoms with Crippen LogP contribution in [0.5, 0.6) is 0 Å². The van der Waals surface area contributed by atoms with Crippen LogP contribution in [0.4, 0.5) is 5.69 Å². The van der Waals surface area contributed by atoms with Gasteiger partial charge in [0.1, 0.15) is 5.76 Å². The summed E-state index contributed by atoms with van der Waals surface area (Å²) in [5.41, 5.74) is 0.570. The van der Waals surface area contributed by atoms with Crippen molar-refractivity contribution < 1.29 is 17.6 Å². The minimum absolute atomic E-state index is 0.0279. The molecule has 6 nitrogen and oxygen atoms in total. The second-order valence-electron chi connectivity index (χ2n) is 5.57. The molecule has 0 bridgehead atoms. The number of rotatable bonds is 6. The van der Waals surface area contributed by atoms with Crippen LogP contribution >= 0.6 is 0 Å². The van der Waals surface area contributed by atoms with Gasteiger partial charge in [-0.3, -0.25) is 4.79 Å². The van der Waals surface area contributed by atoms with Crippen LogP contribution in [0, 0.1) is 0 Å². The van der Waals surface area contributed by atoms with Crippen LogP contribution < -0.4 is 5.32 Å². The van der Waals surface area contributed by atoms with Crippen molar-refractivity contribution in [3.63, 3.8) is 0 Å². The first-order valence-electron chi connectivity index (χ1n) is 7.39. The molecule has 1 saturated carbocycles. The van der Waals surface area contributed by atoms with Crippen LogP contribution in [0.15, 0.2) is 52.0 Å². The first kappa shape index (κ1) is 15.8. The predicted octanol–water partition coefficient (Wildman–Crippen LogP) is 2.59. The fraction of sp³-hybridized carbons (Fsp3) is 0.312. The van der Waals surface area contributed by atoms with Gasteiger partial charge >= 0.3 is 0 Å². The van der Waals surface area contributed by atoms with Gasteiger partial charge in [0.25, 0.3) is 0 Å². The molecule has 2 aromatic rings. The van der Waals surface area contributed by atoms with E-state index in [0.717, 1.165) is 12.8 Å². The Balaban J connectivity index is 1.84. The van der Waals surface area contributed by atoms with Gasteiger partial charge < -0.3 is 9.73 Å². The predicted molar refractivity (Wildman–Crippen MR) is 85.2 cm³/mol. The van der Waals surface area contributed by atoms with Gasteiger partial charge in [0.2, 0.25) is 15.9 Å². The van der Waals surface area contributed by atoms with Crippen molar-refractivity contribution in [2.75, 3.05) is 5.32 Å². The van der Waals surface area contributed by atoms with Crippen LogP contribution in [0.25, 0.3) is 0 Å². The summed E-state index contributed by atoms with van der Waals surface area (Å²) in [5, 5.41) is 2.62. The van der Waals surface area contributed by atoms with Crippen molar-refractivity contribution in [1.29, 1.82) is 0 Å². The lowest BCUT2D eigenvalue weighted by molar-refractivity contribution is -0.114. The maximum absolute atomic E-state index is 12.9. The molecule has 1 N–H and O–H groups in total. The molecule has 1 aliphatic carbocycles. The minimum Gasteiger partial charge on any atom is -0.468 e. The molecular weight excluding hydrogens is 316 g/mol. The molecular formula is C16H18N2O4S. The fourth-order valence-electron chi connectivity index (χ4n) is 2.38. The smallest absolute Gasteiger partial charge is 0.243 e. The van der Waals surface area contributed by atoms with E-state index in [1.807, 2.05) is 0 Å². The highest BCUT2D eigenvalue weighted by atomic mass is 32.2. The Bertz CT molecular complexity index is 778. The summed E-state index contributed by atoms with van der Waals surface area (Å²) in [5.74, 6) is 0.424. The number of nitrogens with one attached hydrogen (secondary N) is 1. The van der Waals surface area contributed by atoms with E-state index in [-0.39, 0.29) is 23.4 Å². The number of sulfonamides is 1. The number of furan rings is 1. The molecule has 1 amide bonds. The number of carbonyl (C=O) groups excluding carboxylic acids is 1. The third-order valence-corrected chi connectivity index (χ3v) is 5.54. The van der Waals surface area contributed by atoms with Gasteiger partial charge in [-0.2, -0.15) is 4.31 Å². The summed E-state index contributed by atoms with van der Waals surface area (Å²) in [7, 11) is -3.60.